The van der Waals surface area contributed by atoms with E-state index in [0.29, 0.717) is 0 Å². The van der Waals surface area contributed by atoms with Crippen molar-refractivity contribution in [2.45, 2.75) is 18.8 Å². The molecular formula is C10H17N3. The van der Waals surface area contributed by atoms with Gasteiger partial charge < -0.3 is 4.90 Å². The molecule has 2 rings (SSSR count). The van der Waals surface area contributed by atoms with E-state index < -0.39 is 0 Å². The maximum Gasteiger partial charge on any atom is 0.0524 e. The van der Waals surface area contributed by atoms with E-state index in [1.807, 2.05) is 17.9 Å². The summed E-state index contributed by atoms with van der Waals surface area (Å²) in [5.41, 5.74) is 1.41. The van der Waals surface area contributed by atoms with Crippen LogP contribution in [-0.2, 0) is 7.05 Å². The second kappa shape index (κ2) is 3.50. The molecule has 1 saturated heterocycles. The van der Waals surface area contributed by atoms with Crippen molar-refractivity contribution in [3.05, 3.63) is 18.0 Å². The number of aryl methyl sites for hydroxylation is 1. The summed E-state index contributed by atoms with van der Waals surface area (Å²) in [6.07, 6.45) is 6.72. The van der Waals surface area contributed by atoms with E-state index in [1.54, 1.807) is 0 Å². The topological polar surface area (TPSA) is 21.1 Å². The first-order valence-electron chi connectivity index (χ1n) is 4.93. The van der Waals surface area contributed by atoms with Crippen molar-refractivity contribution in [1.82, 2.24) is 14.7 Å². The number of hydrogen-bond acceptors (Lipinski definition) is 2. The van der Waals surface area contributed by atoms with Crippen LogP contribution in [0.25, 0.3) is 0 Å². The van der Waals surface area contributed by atoms with E-state index >= 15 is 0 Å². The van der Waals surface area contributed by atoms with Crippen LogP contribution in [0.4, 0.5) is 0 Å². The number of aromatic nitrogens is 2. The molecule has 1 aliphatic heterocycles. The molecule has 72 valence electrons. The van der Waals surface area contributed by atoms with E-state index in [4.69, 9.17) is 0 Å². The van der Waals surface area contributed by atoms with Gasteiger partial charge in [0, 0.05) is 13.2 Å². The van der Waals surface area contributed by atoms with Gasteiger partial charge in [0.05, 0.1) is 6.20 Å². The first-order chi connectivity index (χ1) is 6.25. The van der Waals surface area contributed by atoms with Gasteiger partial charge in [-0.15, -0.1) is 0 Å². The molecule has 2 heterocycles. The number of nitrogens with zero attached hydrogens (tertiary/aromatic N) is 3. The maximum absolute atomic E-state index is 4.21. The van der Waals surface area contributed by atoms with Crippen molar-refractivity contribution in [1.29, 1.82) is 0 Å². The summed E-state index contributed by atoms with van der Waals surface area (Å²) in [4.78, 5) is 2.40. The minimum atomic E-state index is 0.741. The van der Waals surface area contributed by atoms with E-state index in [-0.39, 0.29) is 0 Å². The molecule has 0 amide bonds. The largest absolute Gasteiger partial charge is 0.306 e. The van der Waals surface area contributed by atoms with Crippen LogP contribution < -0.4 is 0 Å². The standard InChI is InChI=1S/C10H17N3/c1-12-5-3-9(4-6-12)10-7-11-13(2)8-10/h7-9H,3-6H2,1-2H3. The zero-order chi connectivity index (χ0) is 9.26. The summed E-state index contributed by atoms with van der Waals surface area (Å²) in [5, 5.41) is 4.21. The lowest BCUT2D eigenvalue weighted by atomic mass is 9.92. The maximum atomic E-state index is 4.21. The highest BCUT2D eigenvalue weighted by Gasteiger charge is 2.18. The summed E-state index contributed by atoms with van der Waals surface area (Å²) < 4.78 is 1.90. The first-order valence-corrected chi connectivity index (χ1v) is 4.93. The third-order valence-corrected chi connectivity index (χ3v) is 2.91. The summed E-state index contributed by atoms with van der Waals surface area (Å²) in [7, 11) is 4.18. The fourth-order valence-electron chi connectivity index (χ4n) is 1.99. The van der Waals surface area contributed by atoms with Gasteiger partial charge in [0.15, 0.2) is 0 Å². The molecule has 0 aliphatic carbocycles. The van der Waals surface area contributed by atoms with Crippen LogP contribution in [0.2, 0.25) is 0 Å². The molecule has 0 spiro atoms. The fraction of sp³-hybridized carbons (Fsp3) is 0.700. The highest BCUT2D eigenvalue weighted by atomic mass is 15.2. The summed E-state index contributed by atoms with van der Waals surface area (Å²) >= 11 is 0. The van der Waals surface area contributed by atoms with E-state index in [9.17, 15) is 0 Å². The molecule has 0 aromatic carbocycles. The van der Waals surface area contributed by atoms with Gasteiger partial charge in [-0.05, 0) is 44.5 Å². The molecule has 13 heavy (non-hydrogen) atoms. The Morgan fingerprint density at radius 3 is 2.54 bits per heavy atom. The van der Waals surface area contributed by atoms with Gasteiger partial charge in [-0.25, -0.2) is 0 Å². The Labute approximate surface area is 79.3 Å². The van der Waals surface area contributed by atoms with Crippen molar-refractivity contribution in [2.24, 2.45) is 7.05 Å². The van der Waals surface area contributed by atoms with Crippen LogP contribution in [0.5, 0.6) is 0 Å². The van der Waals surface area contributed by atoms with Crippen LogP contribution in [-0.4, -0.2) is 34.8 Å². The van der Waals surface area contributed by atoms with Gasteiger partial charge in [0.25, 0.3) is 0 Å². The molecule has 1 aromatic heterocycles. The number of likely N-dealkylation sites (tertiary alicyclic amines) is 1. The van der Waals surface area contributed by atoms with Gasteiger partial charge in [-0.2, -0.15) is 5.10 Å². The Balaban J connectivity index is 2.02. The van der Waals surface area contributed by atoms with E-state index in [1.165, 1.54) is 31.5 Å². The van der Waals surface area contributed by atoms with Crippen LogP contribution >= 0.6 is 0 Å². The zero-order valence-corrected chi connectivity index (χ0v) is 8.40. The fourth-order valence-corrected chi connectivity index (χ4v) is 1.99. The van der Waals surface area contributed by atoms with Gasteiger partial charge in [0.1, 0.15) is 0 Å². The summed E-state index contributed by atoms with van der Waals surface area (Å²) in [6.45, 7) is 2.44. The minimum Gasteiger partial charge on any atom is -0.306 e. The van der Waals surface area contributed by atoms with Crippen LogP contribution in [0.15, 0.2) is 12.4 Å². The van der Waals surface area contributed by atoms with Gasteiger partial charge in [0.2, 0.25) is 0 Å². The van der Waals surface area contributed by atoms with Gasteiger partial charge in [-0.3, -0.25) is 4.68 Å². The van der Waals surface area contributed by atoms with E-state index in [0.717, 1.165) is 5.92 Å². The highest BCUT2D eigenvalue weighted by molar-refractivity contribution is 5.12. The lowest BCUT2D eigenvalue weighted by Crippen LogP contribution is -2.29. The number of piperidine rings is 1. The molecule has 1 aliphatic rings. The van der Waals surface area contributed by atoms with E-state index in [2.05, 4.69) is 23.2 Å². The molecular weight excluding hydrogens is 162 g/mol. The lowest BCUT2D eigenvalue weighted by Gasteiger charge is -2.28. The Hall–Kier alpha value is -0.830. The molecule has 1 fully saturated rings. The Bertz CT molecular complexity index is 271. The Kier molecular flexibility index (Phi) is 2.36. The predicted molar refractivity (Wildman–Crippen MR) is 52.7 cm³/mol. The highest BCUT2D eigenvalue weighted by Crippen LogP contribution is 2.26. The first kappa shape index (κ1) is 8.75. The monoisotopic (exact) mass is 179 g/mol. The summed E-state index contributed by atoms with van der Waals surface area (Å²) in [5.74, 6) is 0.741. The molecule has 0 unspecified atom stereocenters. The van der Waals surface area contributed by atoms with Crippen molar-refractivity contribution in [3.8, 4) is 0 Å². The number of rotatable bonds is 1. The quantitative estimate of drug-likeness (QED) is 0.646. The summed E-state index contributed by atoms with van der Waals surface area (Å²) in [6, 6.07) is 0. The number of hydrogen-bond donors (Lipinski definition) is 0. The SMILES string of the molecule is CN1CCC(c2cnn(C)c2)CC1. The van der Waals surface area contributed by atoms with Crippen molar-refractivity contribution >= 4 is 0 Å². The third-order valence-electron chi connectivity index (χ3n) is 2.91. The molecule has 0 radical (unpaired) electrons. The lowest BCUT2D eigenvalue weighted by molar-refractivity contribution is 0.255. The molecule has 1 aromatic rings. The average molecular weight is 179 g/mol. The van der Waals surface area contributed by atoms with Crippen molar-refractivity contribution < 1.29 is 0 Å². The molecule has 3 nitrogen and oxygen atoms in total. The van der Waals surface area contributed by atoms with Crippen LogP contribution in [0.3, 0.4) is 0 Å². The minimum absolute atomic E-state index is 0.741. The normalized spacial score (nSPS) is 20.8. The zero-order valence-electron chi connectivity index (χ0n) is 8.40. The Morgan fingerprint density at radius 2 is 2.00 bits per heavy atom. The molecule has 0 saturated carbocycles. The smallest absolute Gasteiger partial charge is 0.0524 e. The second-order valence-corrected chi connectivity index (χ2v) is 4.02. The third kappa shape index (κ3) is 1.91. The van der Waals surface area contributed by atoms with Gasteiger partial charge >= 0.3 is 0 Å². The molecule has 0 bridgehead atoms. The average Bonchev–Trinajstić information content (AvgIpc) is 2.53. The molecule has 0 atom stereocenters. The van der Waals surface area contributed by atoms with Crippen LogP contribution in [0.1, 0.15) is 24.3 Å². The van der Waals surface area contributed by atoms with Crippen LogP contribution in [0, 0.1) is 0 Å². The van der Waals surface area contributed by atoms with Gasteiger partial charge in [-0.1, -0.05) is 0 Å². The molecule has 0 N–H and O–H groups in total. The van der Waals surface area contributed by atoms with Crippen molar-refractivity contribution in [3.63, 3.8) is 0 Å². The van der Waals surface area contributed by atoms with Crippen molar-refractivity contribution in [2.75, 3.05) is 20.1 Å². The second-order valence-electron chi connectivity index (χ2n) is 4.02. The Morgan fingerprint density at radius 1 is 1.31 bits per heavy atom. The molecule has 3 heteroatoms. The predicted octanol–water partition coefficient (Wildman–Crippen LogP) is 1.23.